The molecule has 3 aromatic rings. The molecule has 0 aliphatic heterocycles. The summed E-state index contributed by atoms with van der Waals surface area (Å²) in [5, 5.41) is 3.17. The molecule has 0 amide bonds. The Morgan fingerprint density at radius 2 is 2.04 bits per heavy atom. The highest BCUT2D eigenvalue weighted by molar-refractivity contribution is 7.16. The molecule has 0 spiro atoms. The first-order valence-electron chi connectivity index (χ1n) is 8.61. The van der Waals surface area contributed by atoms with Gasteiger partial charge in [0.1, 0.15) is 5.00 Å². The number of rotatable bonds is 4. The van der Waals surface area contributed by atoms with E-state index in [1.54, 1.807) is 11.3 Å². The topological polar surface area (TPSA) is 38.7 Å². The van der Waals surface area contributed by atoms with E-state index in [1.165, 1.54) is 15.6 Å². The van der Waals surface area contributed by atoms with Gasteiger partial charge in [0, 0.05) is 11.1 Å². The number of hydrogen-bond donors (Lipinski definition) is 0. The third-order valence-corrected chi connectivity index (χ3v) is 5.69. The lowest BCUT2D eigenvalue weighted by atomic mass is 10.1. The molecule has 1 aliphatic rings. The van der Waals surface area contributed by atoms with Crippen molar-refractivity contribution in [3.63, 3.8) is 0 Å². The van der Waals surface area contributed by atoms with Crippen LogP contribution in [0.3, 0.4) is 0 Å². The number of carbonyl (C=O) groups is 1. The highest BCUT2D eigenvalue weighted by Crippen LogP contribution is 2.41. The molecule has 0 N–H and O–H groups in total. The molecule has 2 aromatic carbocycles. The summed E-state index contributed by atoms with van der Waals surface area (Å²) in [6, 6.07) is 14.5. The Bertz CT molecular complexity index is 971. The molecule has 0 fully saturated rings. The number of thiophene rings is 1. The third-order valence-electron chi connectivity index (χ3n) is 4.49. The average Bonchev–Trinajstić information content (AvgIpc) is 3.20. The van der Waals surface area contributed by atoms with Crippen LogP contribution < -0.4 is 0 Å². The van der Waals surface area contributed by atoms with Crippen molar-refractivity contribution in [2.75, 3.05) is 6.61 Å². The van der Waals surface area contributed by atoms with Crippen LogP contribution in [0.1, 0.15) is 39.7 Å². The lowest BCUT2D eigenvalue weighted by Crippen LogP contribution is -2.06. The SMILES string of the molecule is CCOC(=O)c1c(N=Cc2ccc3ccccc3c2)sc2c1CCC2. The molecule has 1 heterocycles. The molecule has 0 saturated heterocycles. The van der Waals surface area contributed by atoms with E-state index in [9.17, 15) is 4.79 Å². The summed E-state index contributed by atoms with van der Waals surface area (Å²) in [6.07, 6.45) is 4.95. The zero-order valence-corrected chi connectivity index (χ0v) is 14.9. The fourth-order valence-electron chi connectivity index (χ4n) is 3.32. The van der Waals surface area contributed by atoms with Crippen LogP contribution in [0.4, 0.5) is 5.00 Å². The van der Waals surface area contributed by atoms with Crippen LogP contribution in [0.5, 0.6) is 0 Å². The molecule has 4 rings (SSSR count). The molecule has 0 bridgehead atoms. The van der Waals surface area contributed by atoms with Crippen molar-refractivity contribution >= 4 is 39.3 Å². The third kappa shape index (κ3) is 3.10. The van der Waals surface area contributed by atoms with Gasteiger partial charge in [-0.1, -0.05) is 36.4 Å². The van der Waals surface area contributed by atoms with Crippen LogP contribution in [-0.4, -0.2) is 18.8 Å². The van der Waals surface area contributed by atoms with Gasteiger partial charge in [-0.2, -0.15) is 0 Å². The van der Waals surface area contributed by atoms with Crippen LogP contribution in [0.25, 0.3) is 10.8 Å². The summed E-state index contributed by atoms with van der Waals surface area (Å²) < 4.78 is 5.26. The fraction of sp³-hybridized carbons (Fsp3) is 0.238. The first-order valence-corrected chi connectivity index (χ1v) is 9.42. The highest BCUT2D eigenvalue weighted by atomic mass is 32.1. The Balaban J connectivity index is 1.69. The maximum absolute atomic E-state index is 12.4. The summed E-state index contributed by atoms with van der Waals surface area (Å²) in [5.41, 5.74) is 2.85. The highest BCUT2D eigenvalue weighted by Gasteiger charge is 2.27. The molecule has 0 atom stereocenters. The largest absolute Gasteiger partial charge is 0.462 e. The zero-order chi connectivity index (χ0) is 17.2. The number of aliphatic imine (C=N–C) groups is 1. The second-order valence-electron chi connectivity index (χ2n) is 6.12. The number of fused-ring (bicyclic) bond motifs is 2. The number of esters is 1. The van der Waals surface area contributed by atoms with Crippen LogP contribution >= 0.6 is 11.3 Å². The van der Waals surface area contributed by atoms with Gasteiger partial charge in [0.15, 0.2) is 0 Å². The molecule has 0 saturated carbocycles. The smallest absolute Gasteiger partial charge is 0.341 e. The quantitative estimate of drug-likeness (QED) is 0.472. The molecule has 25 heavy (non-hydrogen) atoms. The van der Waals surface area contributed by atoms with Gasteiger partial charge in [-0.05, 0) is 54.2 Å². The predicted molar refractivity (Wildman–Crippen MR) is 104 cm³/mol. The van der Waals surface area contributed by atoms with Crippen LogP contribution in [0.2, 0.25) is 0 Å². The molecule has 0 radical (unpaired) electrons. The van der Waals surface area contributed by atoms with Crippen LogP contribution in [-0.2, 0) is 17.6 Å². The van der Waals surface area contributed by atoms with E-state index in [-0.39, 0.29) is 5.97 Å². The van der Waals surface area contributed by atoms with E-state index in [0.29, 0.717) is 12.2 Å². The summed E-state index contributed by atoms with van der Waals surface area (Å²) in [7, 11) is 0. The van der Waals surface area contributed by atoms with Crippen molar-refractivity contribution in [2.45, 2.75) is 26.2 Å². The van der Waals surface area contributed by atoms with Crippen molar-refractivity contribution in [3.8, 4) is 0 Å². The number of nitrogens with zero attached hydrogens (tertiary/aromatic N) is 1. The number of hydrogen-bond acceptors (Lipinski definition) is 4. The van der Waals surface area contributed by atoms with Crippen LogP contribution in [0.15, 0.2) is 47.5 Å². The van der Waals surface area contributed by atoms with Gasteiger partial charge in [0.2, 0.25) is 0 Å². The lowest BCUT2D eigenvalue weighted by molar-refractivity contribution is 0.0527. The lowest BCUT2D eigenvalue weighted by Gasteiger charge is -2.03. The monoisotopic (exact) mass is 349 g/mol. The van der Waals surface area contributed by atoms with Gasteiger partial charge in [-0.15, -0.1) is 11.3 Å². The van der Waals surface area contributed by atoms with Gasteiger partial charge in [-0.25, -0.2) is 9.79 Å². The van der Waals surface area contributed by atoms with Crippen molar-refractivity contribution in [3.05, 3.63) is 64.0 Å². The molecule has 4 heteroatoms. The number of ether oxygens (including phenoxy) is 1. The summed E-state index contributed by atoms with van der Waals surface area (Å²) in [4.78, 5) is 18.3. The van der Waals surface area contributed by atoms with E-state index in [0.717, 1.165) is 35.4 Å². The number of benzene rings is 2. The standard InChI is InChI=1S/C21H19NO2S/c1-2-24-21(23)19-17-8-5-9-18(17)25-20(19)22-13-14-10-11-15-6-3-4-7-16(15)12-14/h3-4,6-7,10-13H,2,5,8-9H2,1H3. The molecule has 0 unspecified atom stereocenters. The Labute approximate surface area is 151 Å². The minimum absolute atomic E-state index is 0.243. The predicted octanol–water partition coefficient (Wildman–Crippen LogP) is 5.32. The number of carbonyl (C=O) groups excluding carboxylic acids is 1. The van der Waals surface area contributed by atoms with Crippen LogP contribution in [0, 0.1) is 0 Å². The van der Waals surface area contributed by atoms with Crippen molar-refractivity contribution < 1.29 is 9.53 Å². The second kappa shape index (κ2) is 6.81. The van der Waals surface area contributed by atoms with Gasteiger partial charge >= 0.3 is 5.97 Å². The van der Waals surface area contributed by atoms with Crippen molar-refractivity contribution in [1.29, 1.82) is 0 Å². The molecular formula is C21H19NO2S. The molecular weight excluding hydrogens is 330 g/mol. The van der Waals surface area contributed by atoms with E-state index >= 15 is 0 Å². The maximum atomic E-state index is 12.4. The first-order chi connectivity index (χ1) is 12.3. The van der Waals surface area contributed by atoms with Gasteiger partial charge in [-0.3, -0.25) is 0 Å². The molecule has 1 aliphatic carbocycles. The van der Waals surface area contributed by atoms with Crippen molar-refractivity contribution in [1.82, 2.24) is 0 Å². The Hall–Kier alpha value is -2.46. The van der Waals surface area contributed by atoms with E-state index in [4.69, 9.17) is 4.74 Å². The first kappa shape index (κ1) is 16.0. The van der Waals surface area contributed by atoms with E-state index in [2.05, 4.69) is 35.3 Å². The van der Waals surface area contributed by atoms with Gasteiger partial charge < -0.3 is 4.74 Å². The molecule has 3 nitrogen and oxygen atoms in total. The van der Waals surface area contributed by atoms with E-state index in [1.807, 2.05) is 25.3 Å². The Kier molecular flexibility index (Phi) is 4.36. The molecule has 1 aromatic heterocycles. The summed E-state index contributed by atoms with van der Waals surface area (Å²) >= 11 is 1.63. The van der Waals surface area contributed by atoms with Gasteiger partial charge in [0.05, 0.1) is 12.2 Å². The van der Waals surface area contributed by atoms with Gasteiger partial charge in [0.25, 0.3) is 0 Å². The zero-order valence-electron chi connectivity index (χ0n) is 14.1. The number of aryl methyl sites for hydroxylation is 1. The minimum Gasteiger partial charge on any atom is -0.462 e. The maximum Gasteiger partial charge on any atom is 0.341 e. The Morgan fingerprint density at radius 3 is 2.88 bits per heavy atom. The average molecular weight is 349 g/mol. The summed E-state index contributed by atoms with van der Waals surface area (Å²) in [5.74, 6) is -0.243. The van der Waals surface area contributed by atoms with Crippen molar-refractivity contribution in [2.24, 2.45) is 4.99 Å². The Morgan fingerprint density at radius 1 is 1.20 bits per heavy atom. The second-order valence-corrected chi connectivity index (χ2v) is 7.21. The molecule has 126 valence electrons. The minimum atomic E-state index is -0.243. The van der Waals surface area contributed by atoms with E-state index < -0.39 is 0 Å². The fourth-order valence-corrected chi connectivity index (χ4v) is 4.54. The normalized spacial score (nSPS) is 13.5. The summed E-state index contributed by atoms with van der Waals surface area (Å²) in [6.45, 7) is 2.22.